The zero-order valence-corrected chi connectivity index (χ0v) is 10.9. The lowest BCUT2D eigenvalue weighted by Gasteiger charge is -2.13. The van der Waals surface area contributed by atoms with Gasteiger partial charge in [-0.05, 0) is 36.6 Å². The molecular weight excluding hydrogens is 270 g/mol. The molecule has 1 unspecified atom stereocenters. The van der Waals surface area contributed by atoms with Gasteiger partial charge in [0.25, 0.3) is 0 Å². The lowest BCUT2D eigenvalue weighted by Crippen LogP contribution is -2.26. The van der Waals surface area contributed by atoms with Gasteiger partial charge in [-0.15, -0.1) is 0 Å². The van der Waals surface area contributed by atoms with Crippen molar-refractivity contribution < 1.29 is 8.78 Å². The number of pyridine rings is 1. The first kappa shape index (κ1) is 13.9. The predicted molar refractivity (Wildman–Crippen MR) is 71.0 cm³/mol. The Labute approximate surface area is 115 Å². The van der Waals surface area contributed by atoms with Crippen LogP contribution in [0, 0.1) is 11.6 Å². The molecule has 0 saturated carbocycles. The van der Waals surface area contributed by atoms with Crippen molar-refractivity contribution in [3.05, 3.63) is 64.4 Å². The Kier molecular flexibility index (Phi) is 4.45. The standard InChI is InChI=1S/C14H13ClF2N2/c15-12-8-19-5-4-9(12)6-10(18)7-11-13(16)2-1-3-14(11)17/h1-5,8,10H,6-7,18H2. The zero-order chi connectivity index (χ0) is 13.8. The number of aromatic nitrogens is 1. The van der Waals surface area contributed by atoms with Crippen molar-refractivity contribution >= 4 is 11.6 Å². The summed E-state index contributed by atoms with van der Waals surface area (Å²) in [6, 6.07) is 5.13. The second-order valence-corrected chi connectivity index (χ2v) is 4.74. The SMILES string of the molecule is NC(Cc1ccncc1Cl)Cc1c(F)cccc1F. The molecule has 2 rings (SSSR count). The Morgan fingerprint density at radius 3 is 2.47 bits per heavy atom. The predicted octanol–water partition coefficient (Wildman–Crippen LogP) is 3.13. The summed E-state index contributed by atoms with van der Waals surface area (Å²) < 4.78 is 27.0. The first-order valence-corrected chi connectivity index (χ1v) is 6.22. The highest BCUT2D eigenvalue weighted by atomic mass is 35.5. The van der Waals surface area contributed by atoms with E-state index in [1.807, 2.05) is 0 Å². The van der Waals surface area contributed by atoms with E-state index in [2.05, 4.69) is 4.98 Å². The third kappa shape index (κ3) is 3.49. The molecule has 0 saturated heterocycles. The Hall–Kier alpha value is -1.52. The van der Waals surface area contributed by atoms with E-state index in [1.165, 1.54) is 24.4 Å². The number of nitrogens with zero attached hydrogens (tertiary/aromatic N) is 1. The molecule has 2 N–H and O–H groups in total. The highest BCUT2D eigenvalue weighted by Crippen LogP contribution is 2.18. The Bertz CT molecular complexity index is 555. The number of hydrogen-bond donors (Lipinski definition) is 1. The monoisotopic (exact) mass is 282 g/mol. The van der Waals surface area contributed by atoms with Crippen LogP contribution in [-0.4, -0.2) is 11.0 Å². The van der Waals surface area contributed by atoms with Crippen molar-refractivity contribution in [3.63, 3.8) is 0 Å². The number of hydrogen-bond acceptors (Lipinski definition) is 2. The third-order valence-electron chi connectivity index (χ3n) is 2.87. The molecule has 0 aliphatic carbocycles. The quantitative estimate of drug-likeness (QED) is 0.936. The summed E-state index contributed by atoms with van der Waals surface area (Å²) in [6.07, 6.45) is 3.69. The Balaban J connectivity index is 2.10. The molecule has 5 heteroatoms. The summed E-state index contributed by atoms with van der Waals surface area (Å²) in [7, 11) is 0. The molecule has 1 atom stereocenters. The lowest BCUT2D eigenvalue weighted by atomic mass is 9.99. The Morgan fingerprint density at radius 1 is 1.16 bits per heavy atom. The van der Waals surface area contributed by atoms with Crippen molar-refractivity contribution in [1.29, 1.82) is 0 Å². The van der Waals surface area contributed by atoms with Gasteiger partial charge in [-0.3, -0.25) is 4.98 Å². The molecule has 0 fully saturated rings. The molecule has 19 heavy (non-hydrogen) atoms. The van der Waals surface area contributed by atoms with Gasteiger partial charge in [-0.1, -0.05) is 17.7 Å². The maximum absolute atomic E-state index is 13.5. The molecule has 0 bridgehead atoms. The summed E-state index contributed by atoms with van der Waals surface area (Å²) in [6.45, 7) is 0. The van der Waals surface area contributed by atoms with Crippen LogP contribution in [0.1, 0.15) is 11.1 Å². The van der Waals surface area contributed by atoms with E-state index in [1.54, 1.807) is 12.3 Å². The summed E-state index contributed by atoms with van der Waals surface area (Å²) in [5, 5.41) is 0.506. The van der Waals surface area contributed by atoms with Crippen LogP contribution in [0.5, 0.6) is 0 Å². The summed E-state index contributed by atoms with van der Waals surface area (Å²) in [5.41, 5.74) is 6.77. The van der Waals surface area contributed by atoms with Crippen LogP contribution < -0.4 is 5.73 Å². The number of halogens is 3. The van der Waals surface area contributed by atoms with Gasteiger partial charge in [0.15, 0.2) is 0 Å². The first-order chi connectivity index (χ1) is 9.08. The van der Waals surface area contributed by atoms with Gasteiger partial charge in [0, 0.05) is 24.0 Å². The molecule has 0 spiro atoms. The van der Waals surface area contributed by atoms with Crippen LogP contribution in [0.2, 0.25) is 5.02 Å². The van der Waals surface area contributed by atoms with Gasteiger partial charge < -0.3 is 5.73 Å². The van der Waals surface area contributed by atoms with E-state index in [4.69, 9.17) is 17.3 Å². The van der Waals surface area contributed by atoms with Crippen LogP contribution in [0.25, 0.3) is 0 Å². The topological polar surface area (TPSA) is 38.9 Å². The summed E-state index contributed by atoms with van der Waals surface area (Å²) in [4.78, 5) is 3.87. The smallest absolute Gasteiger partial charge is 0.129 e. The molecule has 1 aromatic heterocycles. The molecule has 0 aliphatic heterocycles. The van der Waals surface area contributed by atoms with Gasteiger partial charge in [0.05, 0.1) is 5.02 Å². The fourth-order valence-corrected chi connectivity index (χ4v) is 2.11. The van der Waals surface area contributed by atoms with Crippen LogP contribution in [0.4, 0.5) is 8.78 Å². The minimum absolute atomic E-state index is 0.0141. The first-order valence-electron chi connectivity index (χ1n) is 5.84. The largest absolute Gasteiger partial charge is 0.327 e. The van der Waals surface area contributed by atoms with Gasteiger partial charge in [0.2, 0.25) is 0 Å². The minimum Gasteiger partial charge on any atom is -0.327 e. The van der Waals surface area contributed by atoms with Crippen molar-refractivity contribution in [2.45, 2.75) is 18.9 Å². The van der Waals surface area contributed by atoms with Gasteiger partial charge in [-0.2, -0.15) is 0 Å². The van der Waals surface area contributed by atoms with E-state index in [-0.39, 0.29) is 12.0 Å². The van der Waals surface area contributed by atoms with Crippen molar-refractivity contribution in [1.82, 2.24) is 4.98 Å². The lowest BCUT2D eigenvalue weighted by molar-refractivity contribution is 0.533. The number of benzene rings is 1. The van der Waals surface area contributed by atoms with Crippen LogP contribution in [0.3, 0.4) is 0 Å². The van der Waals surface area contributed by atoms with Gasteiger partial charge in [-0.25, -0.2) is 8.78 Å². The van der Waals surface area contributed by atoms with Crippen molar-refractivity contribution in [2.24, 2.45) is 5.73 Å². The van der Waals surface area contributed by atoms with Crippen molar-refractivity contribution in [3.8, 4) is 0 Å². The minimum atomic E-state index is -0.573. The normalized spacial score (nSPS) is 12.4. The molecule has 0 aliphatic rings. The van der Waals surface area contributed by atoms with E-state index < -0.39 is 17.7 Å². The maximum atomic E-state index is 13.5. The molecule has 2 aromatic rings. The third-order valence-corrected chi connectivity index (χ3v) is 3.21. The zero-order valence-electron chi connectivity index (χ0n) is 10.1. The molecule has 0 radical (unpaired) electrons. The second-order valence-electron chi connectivity index (χ2n) is 4.34. The Morgan fingerprint density at radius 2 is 1.84 bits per heavy atom. The fourth-order valence-electron chi connectivity index (χ4n) is 1.91. The van der Waals surface area contributed by atoms with Crippen LogP contribution >= 0.6 is 11.6 Å². The van der Waals surface area contributed by atoms with Gasteiger partial charge in [0.1, 0.15) is 11.6 Å². The highest BCUT2D eigenvalue weighted by Gasteiger charge is 2.14. The van der Waals surface area contributed by atoms with E-state index in [0.29, 0.717) is 11.4 Å². The van der Waals surface area contributed by atoms with Gasteiger partial charge >= 0.3 is 0 Å². The maximum Gasteiger partial charge on any atom is 0.129 e. The van der Waals surface area contributed by atoms with E-state index >= 15 is 0 Å². The van der Waals surface area contributed by atoms with Crippen molar-refractivity contribution in [2.75, 3.05) is 0 Å². The fraction of sp³-hybridized carbons (Fsp3) is 0.214. The molecule has 2 nitrogen and oxygen atoms in total. The molecule has 0 amide bonds. The average Bonchev–Trinajstić information content (AvgIpc) is 2.37. The highest BCUT2D eigenvalue weighted by molar-refractivity contribution is 6.31. The molecular formula is C14H13ClF2N2. The molecule has 100 valence electrons. The van der Waals surface area contributed by atoms with Crippen LogP contribution in [0.15, 0.2) is 36.7 Å². The summed E-state index contributed by atoms with van der Waals surface area (Å²) >= 11 is 5.97. The number of rotatable bonds is 4. The molecule has 1 heterocycles. The van der Waals surface area contributed by atoms with E-state index in [9.17, 15) is 8.78 Å². The molecule has 1 aromatic carbocycles. The van der Waals surface area contributed by atoms with E-state index in [0.717, 1.165) is 5.56 Å². The second kappa shape index (κ2) is 6.08. The van der Waals surface area contributed by atoms with Crippen LogP contribution in [-0.2, 0) is 12.8 Å². The summed E-state index contributed by atoms with van der Waals surface area (Å²) in [5.74, 6) is -1.15. The number of nitrogens with two attached hydrogens (primary N) is 1. The average molecular weight is 283 g/mol.